The summed E-state index contributed by atoms with van der Waals surface area (Å²) in [4.78, 5) is 0. The Balaban J connectivity index is 1.70. The molecule has 0 bridgehead atoms. The summed E-state index contributed by atoms with van der Waals surface area (Å²) in [5.74, 6) is 0. The molecular formula is C32H21N. The monoisotopic (exact) mass is 419 g/mol. The molecule has 0 saturated heterocycles. The van der Waals surface area contributed by atoms with Crippen molar-refractivity contribution in [3.63, 3.8) is 0 Å². The van der Waals surface area contributed by atoms with E-state index in [1.54, 1.807) is 0 Å². The zero-order valence-corrected chi connectivity index (χ0v) is 18.1. The molecular weight excluding hydrogens is 398 g/mol. The predicted molar refractivity (Wildman–Crippen MR) is 141 cm³/mol. The fourth-order valence-corrected chi connectivity index (χ4v) is 5.35. The zero-order chi connectivity index (χ0) is 21.8. The van der Waals surface area contributed by atoms with Gasteiger partial charge in [-0.05, 0) is 45.3 Å². The molecule has 7 aromatic rings. The third kappa shape index (κ3) is 2.66. The predicted octanol–water partition coefficient (Wildman–Crippen LogP) is 8.76. The molecule has 1 heteroatoms. The van der Waals surface area contributed by atoms with E-state index in [-0.39, 0.29) is 0 Å². The lowest BCUT2D eigenvalue weighted by molar-refractivity contribution is 1.19. The van der Waals surface area contributed by atoms with E-state index < -0.39 is 0 Å². The number of rotatable bonds is 2. The van der Waals surface area contributed by atoms with Crippen LogP contribution in [-0.4, -0.2) is 4.57 Å². The minimum absolute atomic E-state index is 1.21. The minimum Gasteiger partial charge on any atom is -0.309 e. The maximum Gasteiger partial charge on any atom is 0.0547 e. The Morgan fingerprint density at radius 3 is 1.58 bits per heavy atom. The molecule has 6 aromatic carbocycles. The van der Waals surface area contributed by atoms with Crippen molar-refractivity contribution in [1.29, 1.82) is 0 Å². The molecule has 0 N–H and O–H groups in total. The van der Waals surface area contributed by atoms with Crippen molar-refractivity contribution in [2.45, 2.75) is 0 Å². The van der Waals surface area contributed by atoms with E-state index in [0.717, 1.165) is 0 Å². The summed E-state index contributed by atoms with van der Waals surface area (Å²) in [5.41, 5.74) is 6.21. The summed E-state index contributed by atoms with van der Waals surface area (Å²) >= 11 is 0. The number of hydrogen-bond donors (Lipinski definition) is 0. The zero-order valence-electron chi connectivity index (χ0n) is 18.1. The first-order valence-corrected chi connectivity index (χ1v) is 11.4. The Morgan fingerprint density at radius 2 is 0.879 bits per heavy atom. The summed E-state index contributed by atoms with van der Waals surface area (Å²) in [7, 11) is 0. The van der Waals surface area contributed by atoms with Crippen molar-refractivity contribution < 1.29 is 0 Å². The van der Waals surface area contributed by atoms with Gasteiger partial charge in [-0.15, -0.1) is 0 Å². The molecule has 7 rings (SSSR count). The number of fused-ring (bicyclic) bond motifs is 5. The van der Waals surface area contributed by atoms with E-state index in [0.29, 0.717) is 0 Å². The highest BCUT2D eigenvalue weighted by Gasteiger charge is 2.18. The Labute approximate surface area is 192 Å². The Bertz CT molecular complexity index is 1760. The van der Waals surface area contributed by atoms with Gasteiger partial charge in [0, 0.05) is 16.3 Å². The van der Waals surface area contributed by atoms with E-state index in [4.69, 9.17) is 0 Å². The third-order valence-corrected chi connectivity index (χ3v) is 6.79. The maximum absolute atomic E-state index is 2.44. The molecule has 1 aromatic heterocycles. The number of nitrogens with zero attached hydrogens (tertiary/aromatic N) is 1. The van der Waals surface area contributed by atoms with Gasteiger partial charge in [0.25, 0.3) is 0 Å². The molecule has 0 fully saturated rings. The first-order valence-electron chi connectivity index (χ1n) is 11.4. The van der Waals surface area contributed by atoms with Crippen molar-refractivity contribution in [3.8, 4) is 16.8 Å². The highest BCUT2D eigenvalue weighted by Crippen LogP contribution is 2.41. The molecule has 0 spiro atoms. The number of hydrogen-bond acceptors (Lipinski definition) is 0. The molecule has 0 radical (unpaired) electrons. The van der Waals surface area contributed by atoms with Gasteiger partial charge in [0.2, 0.25) is 0 Å². The largest absolute Gasteiger partial charge is 0.309 e. The third-order valence-electron chi connectivity index (χ3n) is 6.79. The topological polar surface area (TPSA) is 4.93 Å². The molecule has 0 aliphatic heterocycles. The van der Waals surface area contributed by atoms with Crippen molar-refractivity contribution in [2.24, 2.45) is 0 Å². The molecule has 0 aliphatic rings. The molecule has 0 aliphatic carbocycles. The van der Waals surface area contributed by atoms with Crippen LogP contribution in [0.2, 0.25) is 0 Å². The van der Waals surface area contributed by atoms with E-state index >= 15 is 0 Å². The van der Waals surface area contributed by atoms with Crippen LogP contribution < -0.4 is 0 Å². The highest BCUT2D eigenvalue weighted by molar-refractivity contribution is 6.13. The first kappa shape index (κ1) is 18.2. The van der Waals surface area contributed by atoms with Gasteiger partial charge in [0.1, 0.15) is 0 Å². The minimum atomic E-state index is 1.21. The second kappa shape index (κ2) is 7.08. The van der Waals surface area contributed by atoms with Gasteiger partial charge in [-0.2, -0.15) is 0 Å². The average molecular weight is 420 g/mol. The van der Waals surface area contributed by atoms with Crippen LogP contribution in [0.25, 0.3) is 60.2 Å². The first-order chi connectivity index (χ1) is 16.4. The van der Waals surface area contributed by atoms with Gasteiger partial charge in [0.15, 0.2) is 0 Å². The van der Waals surface area contributed by atoms with Crippen molar-refractivity contribution in [1.82, 2.24) is 4.57 Å². The number of aromatic nitrogens is 1. The normalized spacial score (nSPS) is 11.6. The molecule has 0 amide bonds. The molecule has 154 valence electrons. The highest BCUT2D eigenvalue weighted by atomic mass is 15.0. The van der Waals surface area contributed by atoms with Gasteiger partial charge in [0.05, 0.1) is 16.7 Å². The second-order valence-electron chi connectivity index (χ2n) is 8.58. The van der Waals surface area contributed by atoms with Crippen molar-refractivity contribution in [2.75, 3.05) is 0 Å². The molecule has 33 heavy (non-hydrogen) atoms. The lowest BCUT2D eigenvalue weighted by Gasteiger charge is -2.18. The van der Waals surface area contributed by atoms with Crippen LogP contribution in [-0.2, 0) is 0 Å². The van der Waals surface area contributed by atoms with Crippen LogP contribution >= 0.6 is 0 Å². The van der Waals surface area contributed by atoms with Crippen LogP contribution in [0.3, 0.4) is 0 Å². The summed E-state index contributed by atoms with van der Waals surface area (Å²) in [5, 5.41) is 7.63. The molecule has 1 nitrogen and oxygen atoms in total. The maximum atomic E-state index is 2.44. The van der Waals surface area contributed by atoms with E-state index in [2.05, 4.69) is 132 Å². The van der Waals surface area contributed by atoms with Crippen molar-refractivity contribution >= 4 is 43.4 Å². The van der Waals surface area contributed by atoms with Gasteiger partial charge >= 0.3 is 0 Å². The fraction of sp³-hybridized carbons (Fsp3) is 0. The van der Waals surface area contributed by atoms with Gasteiger partial charge in [-0.3, -0.25) is 0 Å². The van der Waals surface area contributed by atoms with E-state index in [9.17, 15) is 0 Å². The number of benzene rings is 6. The standard InChI is InChI=1S/C32H21N/c1-3-13-24-22(10-1)12-9-17-28(24)32-25-14-4-2-11-23(25)20-21-31(32)33-29-18-7-5-15-26(29)27-16-6-8-19-30(27)33/h1-21H. The van der Waals surface area contributed by atoms with Crippen LogP contribution in [0.1, 0.15) is 0 Å². The van der Waals surface area contributed by atoms with Crippen LogP contribution in [0.5, 0.6) is 0 Å². The van der Waals surface area contributed by atoms with E-state index in [1.165, 1.54) is 60.2 Å². The Hall–Kier alpha value is -4.36. The summed E-state index contributed by atoms with van der Waals surface area (Å²) < 4.78 is 2.44. The molecule has 0 saturated carbocycles. The molecule has 1 heterocycles. The van der Waals surface area contributed by atoms with E-state index in [1.807, 2.05) is 0 Å². The Kier molecular flexibility index (Phi) is 3.91. The summed E-state index contributed by atoms with van der Waals surface area (Å²) in [6.07, 6.45) is 0. The molecule has 0 unspecified atom stereocenters. The van der Waals surface area contributed by atoms with Gasteiger partial charge < -0.3 is 4.57 Å². The van der Waals surface area contributed by atoms with Crippen LogP contribution in [0.4, 0.5) is 0 Å². The summed E-state index contributed by atoms with van der Waals surface area (Å²) in [6.45, 7) is 0. The lowest BCUT2D eigenvalue weighted by Crippen LogP contribution is -1.98. The molecule has 0 atom stereocenters. The average Bonchev–Trinajstić information content (AvgIpc) is 3.22. The smallest absolute Gasteiger partial charge is 0.0547 e. The number of para-hydroxylation sites is 2. The summed E-state index contributed by atoms with van der Waals surface area (Å²) in [6, 6.07) is 46.1. The van der Waals surface area contributed by atoms with Crippen LogP contribution in [0.15, 0.2) is 127 Å². The van der Waals surface area contributed by atoms with Crippen molar-refractivity contribution in [3.05, 3.63) is 127 Å². The second-order valence-corrected chi connectivity index (χ2v) is 8.58. The Morgan fingerprint density at radius 1 is 0.364 bits per heavy atom. The lowest BCUT2D eigenvalue weighted by atomic mass is 9.92. The van der Waals surface area contributed by atoms with Gasteiger partial charge in [-0.1, -0.05) is 109 Å². The fourth-order valence-electron chi connectivity index (χ4n) is 5.35. The SMILES string of the molecule is c1ccc2c(-c3c(-n4c5ccccc5c5ccccc54)ccc4ccccc34)cccc2c1. The quantitative estimate of drug-likeness (QED) is 0.264. The van der Waals surface area contributed by atoms with Gasteiger partial charge in [-0.25, -0.2) is 0 Å². The van der Waals surface area contributed by atoms with Crippen LogP contribution in [0, 0.1) is 0 Å².